The summed E-state index contributed by atoms with van der Waals surface area (Å²) in [4.78, 5) is 16.1. The summed E-state index contributed by atoms with van der Waals surface area (Å²) in [5.41, 5.74) is 7.30. The number of amides is 1. The van der Waals surface area contributed by atoms with E-state index in [0.717, 1.165) is 17.1 Å². The van der Waals surface area contributed by atoms with Crippen LogP contribution in [0.1, 0.15) is 40.5 Å². The zero-order valence-electron chi connectivity index (χ0n) is 11.2. The van der Waals surface area contributed by atoms with Gasteiger partial charge in [-0.15, -0.1) is 0 Å². The lowest BCUT2D eigenvalue weighted by Crippen LogP contribution is -2.28. The molecule has 1 unspecified atom stereocenters. The molecule has 2 rings (SSSR count). The Morgan fingerprint density at radius 1 is 1.47 bits per heavy atom. The first-order chi connectivity index (χ1) is 8.99. The largest absolute Gasteiger partial charge is 0.466 e. The van der Waals surface area contributed by atoms with Crippen molar-refractivity contribution in [3.63, 3.8) is 0 Å². The summed E-state index contributed by atoms with van der Waals surface area (Å²) < 4.78 is 5.46. The molecule has 0 aromatic carbocycles. The predicted octanol–water partition coefficient (Wildman–Crippen LogP) is 2.36. The van der Waals surface area contributed by atoms with E-state index in [1.54, 1.807) is 18.3 Å². The van der Waals surface area contributed by atoms with Gasteiger partial charge >= 0.3 is 0 Å². The number of hydrogen-bond donors (Lipinski definition) is 2. The van der Waals surface area contributed by atoms with E-state index >= 15 is 0 Å². The predicted molar refractivity (Wildman–Crippen MR) is 72.7 cm³/mol. The minimum atomic E-state index is -0.288. The molecule has 5 heteroatoms. The summed E-state index contributed by atoms with van der Waals surface area (Å²) in [7, 11) is 0. The van der Waals surface area contributed by atoms with Crippen LogP contribution < -0.4 is 11.1 Å². The Morgan fingerprint density at radius 3 is 2.79 bits per heavy atom. The van der Waals surface area contributed by atoms with Crippen molar-refractivity contribution in [1.29, 1.82) is 0 Å². The van der Waals surface area contributed by atoms with Crippen molar-refractivity contribution in [2.45, 2.75) is 26.8 Å². The Bertz CT molecular complexity index is 604. The molecule has 0 radical (unpaired) electrons. The molecule has 0 saturated carbocycles. The maximum Gasteiger partial charge on any atom is 0.272 e. The highest BCUT2D eigenvalue weighted by atomic mass is 16.3. The molecule has 19 heavy (non-hydrogen) atoms. The number of nitrogens with zero attached hydrogens (tertiary/aromatic N) is 1. The van der Waals surface area contributed by atoms with Crippen LogP contribution in [0.3, 0.4) is 0 Å². The fourth-order valence-electron chi connectivity index (χ4n) is 2.03. The maximum atomic E-state index is 12.1. The maximum absolute atomic E-state index is 12.1. The van der Waals surface area contributed by atoms with Crippen LogP contribution in [-0.4, -0.2) is 10.9 Å². The lowest BCUT2D eigenvalue weighted by atomic mass is 10.1. The van der Waals surface area contributed by atoms with Crippen LogP contribution in [-0.2, 0) is 0 Å². The summed E-state index contributed by atoms with van der Waals surface area (Å²) in [6.07, 6.45) is 1.54. The topological polar surface area (TPSA) is 81.2 Å². The van der Waals surface area contributed by atoms with Crippen LogP contribution in [0.2, 0.25) is 0 Å². The van der Waals surface area contributed by atoms with Gasteiger partial charge in [-0.2, -0.15) is 0 Å². The van der Waals surface area contributed by atoms with Crippen LogP contribution in [0, 0.1) is 13.8 Å². The molecule has 0 aliphatic rings. The van der Waals surface area contributed by atoms with Crippen molar-refractivity contribution in [1.82, 2.24) is 10.3 Å². The van der Waals surface area contributed by atoms with Gasteiger partial charge in [0.1, 0.15) is 11.5 Å². The van der Waals surface area contributed by atoms with Gasteiger partial charge in [0, 0.05) is 11.8 Å². The first kappa shape index (κ1) is 13.1. The number of rotatable bonds is 3. The number of anilines is 1. The van der Waals surface area contributed by atoms with Crippen LogP contribution in [0.15, 0.2) is 28.8 Å². The Labute approximate surface area is 111 Å². The third kappa shape index (κ3) is 2.76. The molecule has 2 aromatic heterocycles. The van der Waals surface area contributed by atoms with Gasteiger partial charge in [-0.1, -0.05) is 0 Å². The third-order valence-corrected chi connectivity index (χ3v) is 2.95. The summed E-state index contributed by atoms with van der Waals surface area (Å²) in [6, 6.07) is 5.10. The first-order valence-corrected chi connectivity index (χ1v) is 6.07. The zero-order valence-corrected chi connectivity index (χ0v) is 11.2. The number of carbonyl (C=O) groups excluding carboxylic acids is 1. The average molecular weight is 259 g/mol. The van der Waals surface area contributed by atoms with Crippen molar-refractivity contribution in [2.75, 3.05) is 5.73 Å². The van der Waals surface area contributed by atoms with Crippen molar-refractivity contribution in [3.8, 4) is 0 Å². The van der Waals surface area contributed by atoms with Gasteiger partial charge < -0.3 is 15.5 Å². The summed E-state index contributed by atoms with van der Waals surface area (Å²) >= 11 is 0. The highest BCUT2D eigenvalue weighted by Gasteiger charge is 2.17. The van der Waals surface area contributed by atoms with Crippen molar-refractivity contribution in [2.24, 2.45) is 0 Å². The molecular formula is C14H17N3O2. The van der Waals surface area contributed by atoms with E-state index in [4.69, 9.17) is 10.2 Å². The lowest BCUT2D eigenvalue weighted by molar-refractivity contribution is 0.0935. The van der Waals surface area contributed by atoms with Gasteiger partial charge in [-0.05, 0) is 39.0 Å². The van der Waals surface area contributed by atoms with E-state index < -0.39 is 0 Å². The van der Waals surface area contributed by atoms with Crippen LogP contribution in [0.25, 0.3) is 0 Å². The number of hydrogen-bond acceptors (Lipinski definition) is 4. The molecule has 0 bridgehead atoms. The first-order valence-electron chi connectivity index (χ1n) is 6.07. The number of nitrogens with two attached hydrogens (primary N) is 1. The highest BCUT2D eigenvalue weighted by Crippen LogP contribution is 2.21. The number of pyridine rings is 1. The highest BCUT2D eigenvalue weighted by molar-refractivity contribution is 5.97. The lowest BCUT2D eigenvalue weighted by Gasteiger charge is -2.13. The molecule has 0 saturated heterocycles. The second-order valence-corrected chi connectivity index (χ2v) is 4.50. The number of furan rings is 1. The fraction of sp³-hybridized carbons (Fsp3) is 0.286. The van der Waals surface area contributed by atoms with E-state index in [1.165, 1.54) is 0 Å². The Hall–Kier alpha value is -2.30. The molecule has 2 heterocycles. The second kappa shape index (κ2) is 5.14. The van der Waals surface area contributed by atoms with Crippen LogP contribution in [0.5, 0.6) is 0 Å². The molecule has 1 atom stereocenters. The van der Waals surface area contributed by atoms with Gasteiger partial charge in [-0.3, -0.25) is 4.79 Å². The number of aryl methyl sites for hydroxylation is 2. The monoisotopic (exact) mass is 259 g/mol. The summed E-state index contributed by atoms with van der Waals surface area (Å²) in [5, 5.41) is 2.87. The van der Waals surface area contributed by atoms with Crippen molar-refractivity contribution < 1.29 is 9.21 Å². The van der Waals surface area contributed by atoms with E-state index in [-0.39, 0.29) is 17.6 Å². The second-order valence-electron chi connectivity index (χ2n) is 4.50. The normalized spacial score (nSPS) is 12.2. The van der Waals surface area contributed by atoms with Gasteiger partial charge in [0.05, 0.1) is 11.7 Å². The van der Waals surface area contributed by atoms with Crippen LogP contribution in [0.4, 0.5) is 5.69 Å². The third-order valence-electron chi connectivity index (χ3n) is 2.95. The van der Waals surface area contributed by atoms with E-state index in [1.807, 2.05) is 26.8 Å². The van der Waals surface area contributed by atoms with Gasteiger partial charge in [-0.25, -0.2) is 4.98 Å². The van der Waals surface area contributed by atoms with E-state index in [2.05, 4.69) is 10.3 Å². The molecule has 100 valence electrons. The number of nitrogen functional groups attached to an aromatic ring is 1. The Kier molecular flexibility index (Phi) is 3.55. The molecule has 0 aliphatic carbocycles. The van der Waals surface area contributed by atoms with Gasteiger partial charge in [0.25, 0.3) is 5.91 Å². The van der Waals surface area contributed by atoms with Crippen LogP contribution >= 0.6 is 0 Å². The minimum absolute atomic E-state index is 0.161. The fourth-order valence-corrected chi connectivity index (χ4v) is 2.03. The standard InChI is InChI=1S/C14H17N3O2/c1-8-7-11(10(3)19-8)9(2)17-14(18)13-12(15)5-4-6-16-13/h4-7,9H,15H2,1-3H3,(H,17,18). The Morgan fingerprint density at radius 2 is 2.21 bits per heavy atom. The molecule has 0 fully saturated rings. The smallest absolute Gasteiger partial charge is 0.272 e. The summed E-state index contributed by atoms with van der Waals surface area (Å²) in [5.74, 6) is 1.34. The molecule has 3 N–H and O–H groups in total. The molecule has 0 spiro atoms. The average Bonchev–Trinajstić information content (AvgIpc) is 2.69. The number of nitrogens with one attached hydrogen (secondary N) is 1. The minimum Gasteiger partial charge on any atom is -0.466 e. The molecule has 5 nitrogen and oxygen atoms in total. The molecule has 1 amide bonds. The number of carbonyl (C=O) groups is 1. The SMILES string of the molecule is Cc1cc(C(C)NC(=O)c2ncccc2N)c(C)o1. The van der Waals surface area contributed by atoms with E-state index in [0.29, 0.717) is 5.69 Å². The van der Waals surface area contributed by atoms with Gasteiger partial charge in [0.15, 0.2) is 5.69 Å². The quantitative estimate of drug-likeness (QED) is 0.886. The van der Waals surface area contributed by atoms with Crippen molar-refractivity contribution >= 4 is 11.6 Å². The number of aromatic nitrogens is 1. The zero-order chi connectivity index (χ0) is 14.0. The van der Waals surface area contributed by atoms with Gasteiger partial charge in [0.2, 0.25) is 0 Å². The molecular weight excluding hydrogens is 242 g/mol. The van der Waals surface area contributed by atoms with E-state index in [9.17, 15) is 4.79 Å². The summed E-state index contributed by atoms with van der Waals surface area (Å²) in [6.45, 7) is 5.65. The van der Waals surface area contributed by atoms with Crippen molar-refractivity contribution in [3.05, 3.63) is 47.2 Å². The Balaban J connectivity index is 2.15. The molecule has 2 aromatic rings. The molecule has 0 aliphatic heterocycles.